The van der Waals surface area contributed by atoms with Crippen molar-refractivity contribution in [2.75, 3.05) is 10.6 Å². The fourth-order valence-electron chi connectivity index (χ4n) is 3.11. The first-order valence-electron chi connectivity index (χ1n) is 8.74. The first-order chi connectivity index (χ1) is 12.5. The minimum absolute atomic E-state index is 0.122. The van der Waals surface area contributed by atoms with Crippen LogP contribution in [0.15, 0.2) is 42.5 Å². The molecule has 1 aliphatic rings. The van der Waals surface area contributed by atoms with E-state index < -0.39 is 0 Å². The summed E-state index contributed by atoms with van der Waals surface area (Å²) in [6.07, 6.45) is 1.36. The van der Waals surface area contributed by atoms with Crippen molar-refractivity contribution in [3.8, 4) is 6.07 Å². The van der Waals surface area contributed by atoms with E-state index >= 15 is 0 Å². The Bertz CT molecular complexity index is 898. The van der Waals surface area contributed by atoms with Gasteiger partial charge in [0.05, 0.1) is 23.1 Å². The van der Waals surface area contributed by atoms with Crippen LogP contribution in [0.2, 0.25) is 0 Å². The quantitative estimate of drug-likeness (QED) is 0.866. The molecule has 26 heavy (non-hydrogen) atoms. The van der Waals surface area contributed by atoms with Crippen LogP contribution in [-0.4, -0.2) is 11.8 Å². The molecule has 0 aliphatic heterocycles. The smallest absolute Gasteiger partial charge is 0.228 e. The molecule has 1 fully saturated rings. The van der Waals surface area contributed by atoms with Crippen LogP contribution in [0.3, 0.4) is 0 Å². The van der Waals surface area contributed by atoms with Gasteiger partial charge in [-0.2, -0.15) is 5.26 Å². The number of carbonyl (C=O) groups excluding carboxylic acids is 2. The van der Waals surface area contributed by atoms with Crippen molar-refractivity contribution in [2.45, 2.75) is 26.7 Å². The third-order valence-corrected chi connectivity index (χ3v) is 4.76. The molecular weight excluding hydrogens is 326 g/mol. The van der Waals surface area contributed by atoms with Crippen molar-refractivity contribution >= 4 is 23.2 Å². The second-order valence-corrected chi connectivity index (χ2v) is 6.55. The van der Waals surface area contributed by atoms with Gasteiger partial charge in [-0.3, -0.25) is 9.59 Å². The molecule has 0 spiro atoms. The highest BCUT2D eigenvalue weighted by atomic mass is 16.2. The summed E-state index contributed by atoms with van der Waals surface area (Å²) in [5, 5.41) is 14.9. The number of benzene rings is 2. The van der Waals surface area contributed by atoms with Crippen molar-refractivity contribution in [1.82, 2.24) is 0 Å². The Kier molecular flexibility index (Phi) is 5.04. The maximum atomic E-state index is 12.5. The number of anilines is 2. The number of amides is 2. The van der Waals surface area contributed by atoms with Crippen molar-refractivity contribution in [3.05, 3.63) is 59.2 Å². The van der Waals surface area contributed by atoms with Crippen molar-refractivity contribution in [2.24, 2.45) is 11.8 Å². The van der Waals surface area contributed by atoms with E-state index in [9.17, 15) is 9.59 Å². The molecule has 0 saturated heterocycles. The van der Waals surface area contributed by atoms with Crippen molar-refractivity contribution in [1.29, 1.82) is 5.26 Å². The number of nitrogens with one attached hydrogen (secondary N) is 2. The average Bonchev–Trinajstić information content (AvgIpc) is 3.45. The molecule has 0 heterocycles. The Balaban J connectivity index is 1.64. The Morgan fingerprint density at radius 1 is 1.08 bits per heavy atom. The van der Waals surface area contributed by atoms with Crippen LogP contribution in [0.25, 0.3) is 0 Å². The molecule has 2 atom stereocenters. The second-order valence-electron chi connectivity index (χ2n) is 6.55. The highest BCUT2D eigenvalue weighted by molar-refractivity contribution is 6.04. The number of nitriles is 1. The van der Waals surface area contributed by atoms with Gasteiger partial charge >= 0.3 is 0 Å². The summed E-state index contributed by atoms with van der Waals surface area (Å²) in [5.41, 5.74) is 3.85. The van der Waals surface area contributed by atoms with E-state index in [-0.39, 0.29) is 23.7 Å². The number of aryl methyl sites for hydroxylation is 2. The molecule has 2 aromatic carbocycles. The van der Waals surface area contributed by atoms with Gasteiger partial charge in [-0.25, -0.2) is 0 Å². The molecule has 1 aliphatic carbocycles. The van der Waals surface area contributed by atoms with E-state index in [2.05, 4.69) is 16.7 Å². The summed E-state index contributed by atoms with van der Waals surface area (Å²) in [7, 11) is 0. The maximum Gasteiger partial charge on any atom is 0.228 e. The third kappa shape index (κ3) is 3.60. The van der Waals surface area contributed by atoms with E-state index in [0.717, 1.165) is 23.2 Å². The predicted molar refractivity (Wildman–Crippen MR) is 101 cm³/mol. The van der Waals surface area contributed by atoms with Crippen LogP contribution in [0.4, 0.5) is 11.4 Å². The standard InChI is InChI=1S/C21H21N3O2/c1-3-14-9-6-7-13(2)19(14)24-21(26)17-11-16(17)20(25)23-18-10-5-4-8-15(18)12-22/h4-10,16-17H,3,11H2,1-2H3,(H,23,25)(H,24,26). The predicted octanol–water partition coefficient (Wildman–Crippen LogP) is 3.64. The molecular formula is C21H21N3O2. The minimum Gasteiger partial charge on any atom is -0.325 e. The molecule has 0 aromatic heterocycles. The zero-order chi connectivity index (χ0) is 18.7. The maximum absolute atomic E-state index is 12.5. The summed E-state index contributed by atoms with van der Waals surface area (Å²) in [6, 6.07) is 14.8. The van der Waals surface area contributed by atoms with Crippen LogP contribution in [0, 0.1) is 30.1 Å². The summed E-state index contributed by atoms with van der Waals surface area (Å²) in [6.45, 7) is 4.01. The molecule has 2 aromatic rings. The average molecular weight is 347 g/mol. The summed E-state index contributed by atoms with van der Waals surface area (Å²) < 4.78 is 0. The highest BCUT2D eigenvalue weighted by Gasteiger charge is 2.48. The zero-order valence-electron chi connectivity index (χ0n) is 14.9. The fraction of sp³-hybridized carbons (Fsp3) is 0.286. The van der Waals surface area contributed by atoms with Crippen LogP contribution < -0.4 is 10.6 Å². The van der Waals surface area contributed by atoms with Crippen LogP contribution >= 0.6 is 0 Å². The largest absolute Gasteiger partial charge is 0.325 e. The zero-order valence-corrected chi connectivity index (χ0v) is 14.9. The van der Waals surface area contributed by atoms with E-state index in [1.54, 1.807) is 24.3 Å². The monoisotopic (exact) mass is 347 g/mol. The van der Waals surface area contributed by atoms with Gasteiger partial charge in [0.15, 0.2) is 0 Å². The fourth-order valence-corrected chi connectivity index (χ4v) is 3.11. The molecule has 3 rings (SSSR count). The van der Waals surface area contributed by atoms with Crippen molar-refractivity contribution < 1.29 is 9.59 Å². The number of carbonyl (C=O) groups is 2. The first-order valence-corrected chi connectivity index (χ1v) is 8.74. The number of hydrogen-bond acceptors (Lipinski definition) is 3. The number of hydrogen-bond donors (Lipinski definition) is 2. The Morgan fingerprint density at radius 2 is 1.77 bits per heavy atom. The van der Waals surface area contributed by atoms with Gasteiger partial charge < -0.3 is 10.6 Å². The van der Waals surface area contributed by atoms with Gasteiger partial charge in [0, 0.05) is 5.69 Å². The lowest BCUT2D eigenvalue weighted by Gasteiger charge is -2.13. The lowest BCUT2D eigenvalue weighted by atomic mass is 10.1. The molecule has 132 valence electrons. The molecule has 5 nitrogen and oxygen atoms in total. The van der Waals surface area contributed by atoms with Gasteiger partial charge in [0.2, 0.25) is 11.8 Å². The topological polar surface area (TPSA) is 82.0 Å². The van der Waals surface area contributed by atoms with Gasteiger partial charge in [-0.15, -0.1) is 0 Å². The number of para-hydroxylation sites is 2. The number of rotatable bonds is 5. The number of nitrogens with zero attached hydrogens (tertiary/aromatic N) is 1. The van der Waals surface area contributed by atoms with Crippen molar-refractivity contribution in [3.63, 3.8) is 0 Å². The molecule has 2 N–H and O–H groups in total. The van der Waals surface area contributed by atoms with Gasteiger partial charge in [-0.1, -0.05) is 37.3 Å². The molecule has 0 radical (unpaired) electrons. The van der Waals surface area contributed by atoms with E-state index in [1.807, 2.05) is 32.0 Å². The van der Waals surface area contributed by atoms with E-state index in [0.29, 0.717) is 17.7 Å². The van der Waals surface area contributed by atoms with Crippen LogP contribution in [0.1, 0.15) is 30.0 Å². The minimum atomic E-state index is -0.351. The van der Waals surface area contributed by atoms with Crippen LogP contribution in [0.5, 0.6) is 0 Å². The van der Waals surface area contributed by atoms with Gasteiger partial charge in [-0.05, 0) is 43.0 Å². The molecule has 0 bridgehead atoms. The Hall–Kier alpha value is -3.13. The molecule has 1 saturated carbocycles. The first kappa shape index (κ1) is 17.7. The molecule has 2 amide bonds. The normalized spacial score (nSPS) is 17.9. The molecule has 5 heteroatoms. The van der Waals surface area contributed by atoms with E-state index in [1.165, 1.54) is 0 Å². The van der Waals surface area contributed by atoms with Gasteiger partial charge in [0.25, 0.3) is 0 Å². The Labute approximate surface area is 153 Å². The second kappa shape index (κ2) is 7.40. The SMILES string of the molecule is CCc1cccc(C)c1NC(=O)C1CC1C(=O)Nc1ccccc1C#N. The van der Waals surface area contributed by atoms with Crippen LogP contribution in [-0.2, 0) is 16.0 Å². The lowest BCUT2D eigenvalue weighted by molar-refractivity contribution is -0.122. The highest BCUT2D eigenvalue weighted by Crippen LogP contribution is 2.40. The molecule has 2 unspecified atom stereocenters. The van der Waals surface area contributed by atoms with Gasteiger partial charge in [0.1, 0.15) is 6.07 Å². The summed E-state index contributed by atoms with van der Waals surface area (Å²) in [4.78, 5) is 24.9. The van der Waals surface area contributed by atoms with E-state index in [4.69, 9.17) is 5.26 Å². The lowest BCUT2D eigenvalue weighted by Crippen LogP contribution is -2.21. The summed E-state index contributed by atoms with van der Waals surface area (Å²) >= 11 is 0. The third-order valence-electron chi connectivity index (χ3n) is 4.76. The summed E-state index contributed by atoms with van der Waals surface area (Å²) in [5.74, 6) is -1.01. The Morgan fingerprint density at radius 3 is 2.46 bits per heavy atom.